The van der Waals surface area contributed by atoms with Gasteiger partial charge in [-0.2, -0.15) is 0 Å². The van der Waals surface area contributed by atoms with Gasteiger partial charge in [-0.3, -0.25) is 4.79 Å². The van der Waals surface area contributed by atoms with Gasteiger partial charge in [-0.15, -0.1) is 0 Å². The van der Waals surface area contributed by atoms with Crippen molar-refractivity contribution in [2.75, 3.05) is 6.61 Å². The highest BCUT2D eigenvalue weighted by Gasteiger charge is 2.19. The minimum Gasteiger partial charge on any atom is -0.465 e. The van der Waals surface area contributed by atoms with Gasteiger partial charge in [-0.1, -0.05) is 39.0 Å². The number of ether oxygens (including phenoxy) is 1. The zero-order valence-electron chi connectivity index (χ0n) is 9.71. The average molecular weight is 213 g/mol. The highest BCUT2D eigenvalue weighted by molar-refractivity contribution is 5.75. The van der Waals surface area contributed by atoms with Crippen LogP contribution in [0.4, 0.5) is 0 Å². The van der Waals surface area contributed by atoms with E-state index in [0.717, 1.165) is 31.6 Å². The molecule has 1 rings (SSSR count). The first-order chi connectivity index (χ1) is 7.24. The van der Waals surface area contributed by atoms with Gasteiger partial charge in [-0.05, 0) is 18.8 Å². The van der Waals surface area contributed by atoms with Gasteiger partial charge in [0.25, 0.3) is 0 Å². The summed E-state index contributed by atoms with van der Waals surface area (Å²) in [5, 5.41) is 0. The van der Waals surface area contributed by atoms with E-state index in [2.05, 4.69) is 6.92 Å². The Kier molecular flexibility index (Phi) is 5.69. The topological polar surface area (TPSA) is 52.3 Å². The molecule has 2 N–H and O–H groups in total. The van der Waals surface area contributed by atoms with Crippen molar-refractivity contribution in [3.8, 4) is 0 Å². The standard InChI is InChI=1S/C12H23NO2/c1-2-3-7-11(13)12(14)15-9-8-10-5-4-6-10/h10-11H,2-9,13H2,1H3/t11-/m0/s1. The van der Waals surface area contributed by atoms with Crippen LogP contribution in [0.1, 0.15) is 51.9 Å². The molecule has 3 nitrogen and oxygen atoms in total. The van der Waals surface area contributed by atoms with Gasteiger partial charge in [0.2, 0.25) is 0 Å². The van der Waals surface area contributed by atoms with Gasteiger partial charge >= 0.3 is 5.97 Å². The second-order valence-corrected chi connectivity index (χ2v) is 4.50. The molecular weight excluding hydrogens is 190 g/mol. The molecule has 1 atom stereocenters. The Morgan fingerprint density at radius 2 is 2.27 bits per heavy atom. The van der Waals surface area contributed by atoms with Crippen LogP contribution in [0.15, 0.2) is 0 Å². The number of nitrogens with two attached hydrogens (primary N) is 1. The van der Waals surface area contributed by atoms with E-state index in [0.29, 0.717) is 6.61 Å². The summed E-state index contributed by atoms with van der Waals surface area (Å²) in [7, 11) is 0. The quantitative estimate of drug-likeness (QED) is 0.660. The number of carbonyl (C=O) groups is 1. The lowest BCUT2D eigenvalue weighted by Crippen LogP contribution is -2.32. The predicted molar refractivity (Wildman–Crippen MR) is 60.4 cm³/mol. The second kappa shape index (κ2) is 6.83. The van der Waals surface area contributed by atoms with Crippen LogP contribution in [0.5, 0.6) is 0 Å². The van der Waals surface area contributed by atoms with Crippen molar-refractivity contribution >= 4 is 5.97 Å². The molecule has 0 radical (unpaired) electrons. The molecule has 1 aliphatic carbocycles. The van der Waals surface area contributed by atoms with Crippen LogP contribution in [0.25, 0.3) is 0 Å². The molecule has 0 aromatic rings. The molecule has 0 heterocycles. The molecule has 15 heavy (non-hydrogen) atoms. The molecule has 0 aliphatic heterocycles. The fourth-order valence-corrected chi connectivity index (χ4v) is 1.76. The fourth-order valence-electron chi connectivity index (χ4n) is 1.76. The highest BCUT2D eigenvalue weighted by Crippen LogP contribution is 2.29. The third-order valence-corrected chi connectivity index (χ3v) is 3.17. The van der Waals surface area contributed by atoms with Crippen molar-refractivity contribution in [1.82, 2.24) is 0 Å². The van der Waals surface area contributed by atoms with Gasteiger partial charge in [0.15, 0.2) is 0 Å². The monoisotopic (exact) mass is 213 g/mol. The SMILES string of the molecule is CCCC[C@H](N)C(=O)OCCC1CCC1. The van der Waals surface area contributed by atoms with Gasteiger partial charge in [-0.25, -0.2) is 0 Å². The molecule has 0 amide bonds. The molecule has 0 aromatic carbocycles. The minimum absolute atomic E-state index is 0.220. The Bertz CT molecular complexity index is 190. The molecule has 1 aliphatic rings. The lowest BCUT2D eigenvalue weighted by atomic mass is 9.83. The Morgan fingerprint density at radius 3 is 2.80 bits per heavy atom. The van der Waals surface area contributed by atoms with Crippen LogP contribution in [0.2, 0.25) is 0 Å². The summed E-state index contributed by atoms with van der Waals surface area (Å²) < 4.78 is 5.14. The maximum absolute atomic E-state index is 11.4. The van der Waals surface area contributed by atoms with E-state index in [1.807, 2.05) is 0 Å². The van der Waals surface area contributed by atoms with E-state index >= 15 is 0 Å². The van der Waals surface area contributed by atoms with Crippen LogP contribution in [0.3, 0.4) is 0 Å². The normalized spacial score (nSPS) is 18.3. The third kappa shape index (κ3) is 4.65. The van der Waals surface area contributed by atoms with E-state index < -0.39 is 6.04 Å². The Hall–Kier alpha value is -0.570. The summed E-state index contributed by atoms with van der Waals surface area (Å²) in [4.78, 5) is 11.4. The average Bonchev–Trinajstić information content (AvgIpc) is 2.17. The van der Waals surface area contributed by atoms with E-state index in [1.54, 1.807) is 0 Å². The van der Waals surface area contributed by atoms with E-state index in [4.69, 9.17) is 10.5 Å². The zero-order chi connectivity index (χ0) is 11.1. The minimum atomic E-state index is -0.411. The number of hydrogen-bond donors (Lipinski definition) is 1. The molecule has 0 aromatic heterocycles. The lowest BCUT2D eigenvalue weighted by Gasteiger charge is -2.25. The van der Waals surface area contributed by atoms with Gasteiger partial charge in [0, 0.05) is 0 Å². The summed E-state index contributed by atoms with van der Waals surface area (Å²) in [5.74, 6) is 0.576. The molecule has 88 valence electrons. The third-order valence-electron chi connectivity index (χ3n) is 3.17. The number of esters is 1. The first kappa shape index (κ1) is 12.5. The number of carbonyl (C=O) groups excluding carboxylic acids is 1. The van der Waals surface area contributed by atoms with Gasteiger partial charge in [0.05, 0.1) is 6.61 Å². The van der Waals surface area contributed by atoms with Crippen molar-refractivity contribution in [2.24, 2.45) is 11.7 Å². The largest absolute Gasteiger partial charge is 0.465 e. The maximum Gasteiger partial charge on any atom is 0.322 e. The molecular formula is C12H23NO2. The van der Waals surface area contributed by atoms with E-state index in [9.17, 15) is 4.79 Å². The van der Waals surface area contributed by atoms with Crippen LogP contribution in [-0.4, -0.2) is 18.6 Å². The molecule has 3 heteroatoms. The van der Waals surface area contributed by atoms with E-state index in [-0.39, 0.29) is 5.97 Å². The van der Waals surface area contributed by atoms with Crippen molar-refractivity contribution < 1.29 is 9.53 Å². The summed E-state index contributed by atoms with van der Waals surface area (Å²) in [6.07, 6.45) is 7.79. The maximum atomic E-state index is 11.4. The molecule has 0 spiro atoms. The smallest absolute Gasteiger partial charge is 0.322 e. The predicted octanol–water partition coefficient (Wildman–Crippen LogP) is 2.24. The molecule has 1 saturated carbocycles. The summed E-state index contributed by atoms with van der Waals surface area (Å²) in [5.41, 5.74) is 5.69. The highest BCUT2D eigenvalue weighted by atomic mass is 16.5. The first-order valence-electron chi connectivity index (χ1n) is 6.16. The summed E-state index contributed by atoms with van der Waals surface area (Å²) in [6.45, 7) is 2.65. The lowest BCUT2D eigenvalue weighted by molar-refractivity contribution is -0.145. The fraction of sp³-hybridized carbons (Fsp3) is 0.917. The summed E-state index contributed by atoms with van der Waals surface area (Å²) >= 11 is 0. The van der Waals surface area contributed by atoms with Crippen LogP contribution >= 0.6 is 0 Å². The first-order valence-corrected chi connectivity index (χ1v) is 6.16. The van der Waals surface area contributed by atoms with Crippen LogP contribution in [-0.2, 0) is 9.53 Å². The van der Waals surface area contributed by atoms with E-state index in [1.165, 1.54) is 19.3 Å². The number of rotatable bonds is 7. The Balaban J connectivity index is 2.00. The molecule has 0 unspecified atom stereocenters. The Morgan fingerprint density at radius 1 is 1.53 bits per heavy atom. The van der Waals surface area contributed by atoms with Crippen LogP contribution in [0, 0.1) is 5.92 Å². The van der Waals surface area contributed by atoms with Gasteiger partial charge < -0.3 is 10.5 Å². The van der Waals surface area contributed by atoms with Crippen molar-refractivity contribution in [2.45, 2.75) is 57.9 Å². The van der Waals surface area contributed by atoms with Crippen molar-refractivity contribution in [1.29, 1.82) is 0 Å². The molecule has 0 bridgehead atoms. The zero-order valence-corrected chi connectivity index (χ0v) is 9.71. The number of unbranched alkanes of at least 4 members (excludes halogenated alkanes) is 1. The van der Waals surface area contributed by atoms with Crippen molar-refractivity contribution in [3.05, 3.63) is 0 Å². The van der Waals surface area contributed by atoms with Gasteiger partial charge in [0.1, 0.15) is 6.04 Å². The van der Waals surface area contributed by atoms with Crippen molar-refractivity contribution in [3.63, 3.8) is 0 Å². The van der Waals surface area contributed by atoms with Crippen LogP contribution < -0.4 is 5.73 Å². The molecule has 0 saturated heterocycles. The molecule has 1 fully saturated rings. The summed E-state index contributed by atoms with van der Waals surface area (Å²) in [6, 6.07) is -0.411. The Labute approximate surface area is 92.4 Å². The number of hydrogen-bond acceptors (Lipinski definition) is 3. The second-order valence-electron chi connectivity index (χ2n) is 4.50.